The van der Waals surface area contributed by atoms with Gasteiger partial charge in [0, 0.05) is 6.04 Å². The topological polar surface area (TPSA) is 49.3 Å². The minimum absolute atomic E-state index is 0.00550. The van der Waals surface area contributed by atoms with Gasteiger partial charge in [-0.25, -0.2) is 9.18 Å². The molecule has 0 spiro atoms. The standard InChI is InChI=1S/C21H32FNO2/c22-19-16-17(21(24)25)14-15-20(19)23-18-12-10-8-6-4-2-1-3-5-7-9-11-13-18/h14-16,18,23H,1-13H2,(H,24,25). The second-order valence-electron chi connectivity index (χ2n) is 7.31. The van der Waals surface area contributed by atoms with Crippen molar-refractivity contribution in [1.82, 2.24) is 0 Å². The number of carbonyl (C=O) groups is 1. The maximum atomic E-state index is 14.2. The number of benzene rings is 1. The normalized spacial score (nSPS) is 19.1. The molecule has 0 saturated heterocycles. The fourth-order valence-electron chi connectivity index (χ4n) is 3.65. The van der Waals surface area contributed by atoms with Crippen LogP contribution in [0, 0.1) is 5.82 Å². The van der Waals surface area contributed by atoms with Crippen LogP contribution in [0.1, 0.15) is 93.8 Å². The fraction of sp³-hybridized carbons (Fsp3) is 0.667. The Kier molecular flexibility index (Phi) is 8.78. The van der Waals surface area contributed by atoms with Gasteiger partial charge in [-0.15, -0.1) is 0 Å². The van der Waals surface area contributed by atoms with E-state index in [-0.39, 0.29) is 11.6 Å². The minimum atomic E-state index is -1.09. The first kappa shape index (κ1) is 19.7. The summed E-state index contributed by atoms with van der Waals surface area (Å²) in [6.07, 6.45) is 16.3. The van der Waals surface area contributed by atoms with Crippen LogP contribution in [0.25, 0.3) is 0 Å². The number of hydrogen-bond acceptors (Lipinski definition) is 2. The van der Waals surface area contributed by atoms with Gasteiger partial charge in [0.15, 0.2) is 0 Å². The Morgan fingerprint density at radius 1 is 0.880 bits per heavy atom. The van der Waals surface area contributed by atoms with Crippen LogP contribution in [0.2, 0.25) is 0 Å². The van der Waals surface area contributed by atoms with Gasteiger partial charge in [0.1, 0.15) is 5.82 Å². The molecule has 1 aliphatic rings. The molecule has 25 heavy (non-hydrogen) atoms. The van der Waals surface area contributed by atoms with E-state index in [0.717, 1.165) is 18.9 Å². The lowest BCUT2D eigenvalue weighted by Gasteiger charge is -2.21. The zero-order chi connectivity index (χ0) is 17.9. The molecule has 1 fully saturated rings. The van der Waals surface area contributed by atoms with Gasteiger partial charge in [-0.2, -0.15) is 0 Å². The van der Waals surface area contributed by atoms with Crippen molar-refractivity contribution >= 4 is 11.7 Å². The Morgan fingerprint density at radius 2 is 1.36 bits per heavy atom. The van der Waals surface area contributed by atoms with Gasteiger partial charge in [0.05, 0.1) is 11.3 Å². The summed E-state index contributed by atoms with van der Waals surface area (Å²) in [7, 11) is 0. The Morgan fingerprint density at radius 3 is 1.80 bits per heavy atom. The highest BCUT2D eigenvalue weighted by atomic mass is 19.1. The van der Waals surface area contributed by atoms with E-state index >= 15 is 0 Å². The van der Waals surface area contributed by atoms with E-state index < -0.39 is 11.8 Å². The molecule has 1 aromatic carbocycles. The summed E-state index contributed by atoms with van der Waals surface area (Å²) in [5.74, 6) is -1.57. The third kappa shape index (κ3) is 7.45. The highest BCUT2D eigenvalue weighted by Crippen LogP contribution is 2.22. The third-order valence-corrected chi connectivity index (χ3v) is 5.18. The number of aromatic carboxylic acids is 1. The second kappa shape index (κ2) is 11.1. The molecule has 0 heterocycles. The van der Waals surface area contributed by atoms with Gasteiger partial charge in [0.25, 0.3) is 0 Å². The molecule has 0 atom stereocenters. The van der Waals surface area contributed by atoms with Crippen molar-refractivity contribution in [3.63, 3.8) is 0 Å². The van der Waals surface area contributed by atoms with Crippen LogP contribution in [0.5, 0.6) is 0 Å². The Hall–Kier alpha value is -1.58. The van der Waals surface area contributed by atoms with Gasteiger partial charge >= 0.3 is 5.97 Å². The molecule has 0 bridgehead atoms. The molecule has 0 aromatic heterocycles. The van der Waals surface area contributed by atoms with Crippen LogP contribution in [-0.2, 0) is 0 Å². The monoisotopic (exact) mass is 349 g/mol. The molecule has 1 aromatic rings. The predicted molar refractivity (Wildman–Crippen MR) is 101 cm³/mol. The lowest BCUT2D eigenvalue weighted by atomic mass is 9.98. The maximum absolute atomic E-state index is 14.2. The highest BCUT2D eigenvalue weighted by Gasteiger charge is 2.13. The molecular weight excluding hydrogens is 317 g/mol. The molecule has 140 valence electrons. The van der Waals surface area contributed by atoms with Crippen molar-refractivity contribution in [2.75, 3.05) is 5.32 Å². The number of carboxylic acids is 1. The van der Waals surface area contributed by atoms with Crippen LogP contribution in [0.15, 0.2) is 18.2 Å². The second-order valence-corrected chi connectivity index (χ2v) is 7.31. The van der Waals surface area contributed by atoms with Crippen LogP contribution < -0.4 is 5.32 Å². The molecule has 1 aliphatic carbocycles. The Labute approximate surface area is 151 Å². The summed E-state index contributed by atoms with van der Waals surface area (Å²) in [6, 6.07) is 4.40. The van der Waals surface area contributed by atoms with Gasteiger partial charge < -0.3 is 10.4 Å². The number of rotatable bonds is 3. The van der Waals surface area contributed by atoms with Crippen molar-refractivity contribution in [2.45, 2.75) is 89.5 Å². The summed E-state index contributed by atoms with van der Waals surface area (Å²) in [6.45, 7) is 0. The zero-order valence-electron chi connectivity index (χ0n) is 15.2. The number of nitrogens with one attached hydrogen (secondary N) is 1. The molecule has 0 unspecified atom stereocenters. The Balaban J connectivity index is 1.92. The largest absolute Gasteiger partial charge is 0.478 e. The molecular formula is C21H32FNO2. The molecule has 1 saturated carbocycles. The van der Waals surface area contributed by atoms with Crippen LogP contribution in [-0.4, -0.2) is 17.1 Å². The molecule has 0 aliphatic heterocycles. The molecule has 0 radical (unpaired) electrons. The summed E-state index contributed by atoms with van der Waals surface area (Å²) in [5, 5.41) is 12.3. The Bertz CT molecular complexity index is 519. The first-order valence-corrected chi connectivity index (χ1v) is 9.96. The van der Waals surface area contributed by atoms with E-state index in [1.165, 1.54) is 76.7 Å². The van der Waals surface area contributed by atoms with Gasteiger partial charge in [-0.05, 0) is 31.0 Å². The average Bonchev–Trinajstić information content (AvgIpc) is 2.59. The summed E-state index contributed by atoms with van der Waals surface area (Å²) in [5.41, 5.74) is 0.421. The lowest BCUT2D eigenvalue weighted by molar-refractivity contribution is 0.0696. The van der Waals surface area contributed by atoms with E-state index in [2.05, 4.69) is 5.32 Å². The summed E-state index contributed by atoms with van der Waals surface area (Å²) in [4.78, 5) is 10.9. The van der Waals surface area contributed by atoms with Crippen molar-refractivity contribution in [2.24, 2.45) is 0 Å². The van der Waals surface area contributed by atoms with Crippen LogP contribution >= 0.6 is 0 Å². The SMILES string of the molecule is O=C(O)c1ccc(NC2CCCCCCCCCCCCC2)c(F)c1. The van der Waals surface area contributed by atoms with Crippen molar-refractivity contribution in [3.05, 3.63) is 29.6 Å². The van der Waals surface area contributed by atoms with Crippen LogP contribution in [0.4, 0.5) is 10.1 Å². The van der Waals surface area contributed by atoms with Crippen molar-refractivity contribution in [3.8, 4) is 0 Å². The van der Waals surface area contributed by atoms with E-state index in [1.807, 2.05) is 0 Å². The van der Waals surface area contributed by atoms with Crippen molar-refractivity contribution in [1.29, 1.82) is 0 Å². The van der Waals surface area contributed by atoms with Crippen LogP contribution in [0.3, 0.4) is 0 Å². The quantitative estimate of drug-likeness (QED) is 0.665. The van der Waals surface area contributed by atoms with E-state index in [4.69, 9.17) is 5.11 Å². The smallest absolute Gasteiger partial charge is 0.335 e. The number of halogens is 1. The van der Waals surface area contributed by atoms with Crippen molar-refractivity contribution < 1.29 is 14.3 Å². The molecule has 3 nitrogen and oxygen atoms in total. The third-order valence-electron chi connectivity index (χ3n) is 5.18. The first-order chi connectivity index (χ1) is 12.2. The zero-order valence-corrected chi connectivity index (χ0v) is 15.2. The first-order valence-electron chi connectivity index (χ1n) is 9.96. The summed E-state index contributed by atoms with van der Waals surface area (Å²) < 4.78 is 14.2. The molecule has 2 rings (SSSR count). The average molecular weight is 349 g/mol. The van der Waals surface area contributed by atoms with Gasteiger partial charge in [0.2, 0.25) is 0 Å². The highest BCUT2D eigenvalue weighted by molar-refractivity contribution is 5.88. The number of carboxylic acid groups (broad SMARTS) is 1. The maximum Gasteiger partial charge on any atom is 0.335 e. The summed E-state index contributed by atoms with van der Waals surface area (Å²) >= 11 is 0. The molecule has 0 amide bonds. The minimum Gasteiger partial charge on any atom is -0.478 e. The van der Waals surface area contributed by atoms with E-state index in [0.29, 0.717) is 5.69 Å². The predicted octanol–water partition coefficient (Wildman–Crippen LogP) is 6.39. The number of anilines is 1. The number of hydrogen-bond donors (Lipinski definition) is 2. The molecule has 2 N–H and O–H groups in total. The van der Waals surface area contributed by atoms with E-state index in [1.54, 1.807) is 6.07 Å². The molecule has 4 heteroatoms. The van der Waals surface area contributed by atoms with Gasteiger partial charge in [-0.1, -0.05) is 70.6 Å². The van der Waals surface area contributed by atoms with E-state index in [9.17, 15) is 9.18 Å². The van der Waals surface area contributed by atoms with Gasteiger partial charge in [-0.3, -0.25) is 0 Å². The lowest BCUT2D eigenvalue weighted by Crippen LogP contribution is -2.20. The fourth-order valence-corrected chi connectivity index (χ4v) is 3.65.